The van der Waals surface area contributed by atoms with E-state index in [1.807, 2.05) is 18.2 Å². The molecule has 106 valence electrons. The molecule has 1 aliphatic heterocycles. The third-order valence-electron chi connectivity index (χ3n) is 4.32. The Morgan fingerprint density at radius 1 is 1.14 bits per heavy atom. The molecule has 1 N–H and O–H groups in total. The molecule has 1 unspecified atom stereocenters. The summed E-state index contributed by atoms with van der Waals surface area (Å²) in [6.07, 6.45) is 1.03. The number of aromatic nitrogens is 2. The number of fused-ring (bicyclic) bond motifs is 1. The van der Waals surface area contributed by atoms with Gasteiger partial charge in [0.2, 0.25) is 11.7 Å². The van der Waals surface area contributed by atoms with Crippen molar-refractivity contribution < 1.29 is 4.52 Å². The van der Waals surface area contributed by atoms with Gasteiger partial charge in [0, 0.05) is 12.1 Å². The van der Waals surface area contributed by atoms with E-state index < -0.39 is 0 Å². The molecular formula is C17H17N3O. The predicted octanol–water partition coefficient (Wildman–Crippen LogP) is 3.14. The largest absolute Gasteiger partial charge is 0.338 e. The zero-order valence-electron chi connectivity index (χ0n) is 12.0. The summed E-state index contributed by atoms with van der Waals surface area (Å²) in [4.78, 5) is 4.62. The molecule has 4 heteroatoms. The Morgan fingerprint density at radius 3 is 2.81 bits per heavy atom. The summed E-state index contributed by atoms with van der Waals surface area (Å²) in [6.45, 7) is 4.07. The van der Waals surface area contributed by atoms with E-state index >= 15 is 0 Å². The van der Waals surface area contributed by atoms with Gasteiger partial charge in [-0.15, -0.1) is 0 Å². The lowest BCUT2D eigenvalue weighted by Gasteiger charge is -2.15. The molecule has 0 aliphatic carbocycles. The highest BCUT2D eigenvalue weighted by Gasteiger charge is 2.36. The fraction of sp³-hybridized carbons (Fsp3) is 0.294. The van der Waals surface area contributed by atoms with Crippen LogP contribution in [0.25, 0.3) is 22.2 Å². The maximum atomic E-state index is 5.52. The second-order valence-corrected chi connectivity index (χ2v) is 5.97. The molecule has 1 fully saturated rings. The van der Waals surface area contributed by atoms with Crippen molar-refractivity contribution in [3.63, 3.8) is 0 Å². The van der Waals surface area contributed by atoms with E-state index in [0.717, 1.165) is 31.0 Å². The first-order valence-corrected chi connectivity index (χ1v) is 7.29. The topological polar surface area (TPSA) is 51.0 Å². The molecular weight excluding hydrogens is 262 g/mol. The highest BCUT2D eigenvalue weighted by molar-refractivity contribution is 5.86. The van der Waals surface area contributed by atoms with E-state index in [-0.39, 0.29) is 5.41 Å². The summed E-state index contributed by atoms with van der Waals surface area (Å²) >= 11 is 0. The Balaban J connectivity index is 1.73. The van der Waals surface area contributed by atoms with Crippen molar-refractivity contribution in [2.75, 3.05) is 13.1 Å². The zero-order valence-corrected chi connectivity index (χ0v) is 12.0. The van der Waals surface area contributed by atoms with Crippen molar-refractivity contribution in [3.8, 4) is 11.4 Å². The molecule has 21 heavy (non-hydrogen) atoms. The van der Waals surface area contributed by atoms with E-state index in [9.17, 15) is 0 Å². The van der Waals surface area contributed by atoms with E-state index in [0.29, 0.717) is 5.82 Å². The quantitative estimate of drug-likeness (QED) is 0.783. The van der Waals surface area contributed by atoms with Crippen LogP contribution in [0.5, 0.6) is 0 Å². The van der Waals surface area contributed by atoms with Crippen LogP contribution in [0, 0.1) is 0 Å². The molecule has 2 aromatic carbocycles. The van der Waals surface area contributed by atoms with Crippen LogP contribution in [0.4, 0.5) is 0 Å². The minimum atomic E-state index is -0.0396. The van der Waals surface area contributed by atoms with Crippen LogP contribution in [0.2, 0.25) is 0 Å². The number of hydrogen-bond donors (Lipinski definition) is 1. The van der Waals surface area contributed by atoms with Gasteiger partial charge in [-0.2, -0.15) is 4.98 Å². The fourth-order valence-corrected chi connectivity index (χ4v) is 2.91. The van der Waals surface area contributed by atoms with Crippen molar-refractivity contribution in [1.82, 2.24) is 15.5 Å². The molecule has 0 amide bonds. The predicted molar refractivity (Wildman–Crippen MR) is 82.1 cm³/mol. The number of benzene rings is 2. The molecule has 1 atom stereocenters. The molecule has 0 radical (unpaired) electrons. The highest BCUT2D eigenvalue weighted by Crippen LogP contribution is 2.30. The number of nitrogens with zero attached hydrogens (tertiary/aromatic N) is 2. The van der Waals surface area contributed by atoms with Crippen LogP contribution in [-0.4, -0.2) is 23.2 Å². The van der Waals surface area contributed by atoms with Gasteiger partial charge in [-0.3, -0.25) is 0 Å². The Morgan fingerprint density at radius 2 is 2.00 bits per heavy atom. The molecule has 4 nitrogen and oxygen atoms in total. The molecule has 1 aromatic heterocycles. The first-order chi connectivity index (χ1) is 10.2. The van der Waals surface area contributed by atoms with E-state index in [4.69, 9.17) is 4.52 Å². The minimum absolute atomic E-state index is 0.0396. The summed E-state index contributed by atoms with van der Waals surface area (Å²) in [5, 5.41) is 9.94. The van der Waals surface area contributed by atoms with Crippen molar-refractivity contribution in [2.24, 2.45) is 0 Å². The van der Waals surface area contributed by atoms with Gasteiger partial charge in [0.05, 0.1) is 5.41 Å². The first-order valence-electron chi connectivity index (χ1n) is 7.29. The van der Waals surface area contributed by atoms with Gasteiger partial charge >= 0.3 is 0 Å². The Labute approximate surface area is 123 Å². The fourth-order valence-electron chi connectivity index (χ4n) is 2.91. The lowest BCUT2D eigenvalue weighted by molar-refractivity contribution is 0.306. The van der Waals surface area contributed by atoms with Crippen LogP contribution in [-0.2, 0) is 5.41 Å². The first kappa shape index (κ1) is 12.5. The SMILES string of the molecule is CC1(c2nc(-c3ccc4ccccc4c3)no2)CCNC1. The molecule has 3 aromatic rings. The third-order valence-corrected chi connectivity index (χ3v) is 4.32. The number of rotatable bonds is 2. The van der Waals surface area contributed by atoms with Crippen molar-refractivity contribution in [3.05, 3.63) is 48.4 Å². The van der Waals surface area contributed by atoms with Crippen molar-refractivity contribution in [1.29, 1.82) is 0 Å². The van der Waals surface area contributed by atoms with Crippen LogP contribution in [0.15, 0.2) is 47.0 Å². The second-order valence-electron chi connectivity index (χ2n) is 5.97. The monoisotopic (exact) mass is 279 g/mol. The average Bonchev–Trinajstić information content (AvgIpc) is 3.17. The third kappa shape index (κ3) is 2.12. The van der Waals surface area contributed by atoms with Gasteiger partial charge in [-0.25, -0.2) is 0 Å². The van der Waals surface area contributed by atoms with E-state index in [1.165, 1.54) is 10.8 Å². The molecule has 0 saturated carbocycles. The normalized spacial score (nSPS) is 22.0. The molecule has 0 spiro atoms. The van der Waals surface area contributed by atoms with Gasteiger partial charge < -0.3 is 9.84 Å². The maximum absolute atomic E-state index is 5.52. The van der Waals surface area contributed by atoms with Gasteiger partial charge in [0.25, 0.3) is 0 Å². The standard InChI is InChI=1S/C17H17N3O/c1-17(8-9-18-11-17)16-19-15(20-21-16)14-7-6-12-4-2-3-5-13(12)10-14/h2-7,10,18H,8-9,11H2,1H3. The molecule has 2 heterocycles. The number of nitrogens with one attached hydrogen (secondary N) is 1. The van der Waals surface area contributed by atoms with Gasteiger partial charge in [0.15, 0.2) is 0 Å². The summed E-state index contributed by atoms with van der Waals surface area (Å²) in [5.74, 6) is 1.40. The van der Waals surface area contributed by atoms with Gasteiger partial charge in [0.1, 0.15) is 0 Å². The molecule has 0 bridgehead atoms. The Hall–Kier alpha value is -2.20. The van der Waals surface area contributed by atoms with Crippen LogP contribution in [0.3, 0.4) is 0 Å². The number of hydrogen-bond acceptors (Lipinski definition) is 4. The molecule has 4 rings (SSSR count). The van der Waals surface area contributed by atoms with Crippen molar-refractivity contribution in [2.45, 2.75) is 18.8 Å². The lowest BCUT2D eigenvalue weighted by Crippen LogP contribution is -2.25. The van der Waals surface area contributed by atoms with Gasteiger partial charge in [-0.1, -0.05) is 41.6 Å². The average molecular weight is 279 g/mol. The summed E-state index contributed by atoms with van der Waals surface area (Å²) in [7, 11) is 0. The zero-order chi connectivity index (χ0) is 14.3. The smallest absolute Gasteiger partial charge is 0.234 e. The Kier molecular flexibility index (Phi) is 2.79. The highest BCUT2D eigenvalue weighted by atomic mass is 16.5. The van der Waals surface area contributed by atoms with Gasteiger partial charge in [-0.05, 0) is 36.7 Å². The molecule has 1 aliphatic rings. The van der Waals surface area contributed by atoms with E-state index in [1.54, 1.807) is 0 Å². The summed E-state index contributed by atoms with van der Waals surface area (Å²) < 4.78 is 5.52. The second kappa shape index (κ2) is 4.67. The van der Waals surface area contributed by atoms with Crippen LogP contribution >= 0.6 is 0 Å². The maximum Gasteiger partial charge on any atom is 0.234 e. The van der Waals surface area contributed by atoms with Crippen molar-refractivity contribution >= 4 is 10.8 Å². The van der Waals surface area contributed by atoms with Crippen LogP contribution < -0.4 is 5.32 Å². The lowest BCUT2D eigenvalue weighted by atomic mass is 9.90. The summed E-state index contributed by atoms with van der Waals surface area (Å²) in [6, 6.07) is 14.5. The minimum Gasteiger partial charge on any atom is -0.338 e. The summed E-state index contributed by atoms with van der Waals surface area (Å²) in [5.41, 5.74) is 0.959. The van der Waals surface area contributed by atoms with E-state index in [2.05, 4.69) is 46.6 Å². The van der Waals surface area contributed by atoms with Crippen LogP contribution in [0.1, 0.15) is 19.2 Å². The Bertz CT molecular complexity index is 787. The molecule has 1 saturated heterocycles.